The van der Waals surface area contributed by atoms with Crippen LogP contribution in [0, 0.1) is 0 Å². The summed E-state index contributed by atoms with van der Waals surface area (Å²) in [6.45, 7) is 8.15. The third-order valence-corrected chi connectivity index (χ3v) is 4.54. The maximum Gasteiger partial charge on any atom is 0.0320 e. The molecule has 0 aromatic heterocycles. The van der Waals surface area contributed by atoms with Gasteiger partial charge >= 0.3 is 0 Å². The van der Waals surface area contributed by atoms with E-state index >= 15 is 0 Å². The van der Waals surface area contributed by atoms with Crippen molar-refractivity contribution < 1.29 is 0 Å². The number of hydrogen-bond acceptors (Lipinski definition) is 2. The molecule has 2 rings (SSSR count). The molecule has 1 aromatic carbocycles. The van der Waals surface area contributed by atoms with Crippen molar-refractivity contribution in [1.82, 2.24) is 10.2 Å². The molecule has 1 saturated heterocycles. The van der Waals surface area contributed by atoms with Crippen LogP contribution in [0.4, 0.5) is 0 Å². The average Bonchev–Trinajstić information content (AvgIpc) is 2.45. The lowest BCUT2D eigenvalue weighted by Crippen LogP contribution is -2.46. The van der Waals surface area contributed by atoms with Gasteiger partial charge in [0.1, 0.15) is 0 Å². The Morgan fingerprint density at radius 2 is 2.26 bits per heavy atom. The Kier molecular flexibility index (Phi) is 5.86. The molecule has 106 valence electrons. The molecular weight excluding hydrogens is 300 g/mol. The minimum Gasteiger partial charge on any atom is -0.306 e. The van der Waals surface area contributed by atoms with Gasteiger partial charge < -0.3 is 10.2 Å². The molecule has 0 saturated carbocycles. The predicted molar refractivity (Wildman–Crippen MR) is 85.4 cm³/mol. The highest BCUT2D eigenvalue weighted by Gasteiger charge is 2.21. The van der Waals surface area contributed by atoms with Crippen LogP contribution in [-0.2, 0) is 0 Å². The lowest BCUT2D eigenvalue weighted by atomic mass is 10.00. The van der Waals surface area contributed by atoms with Crippen molar-refractivity contribution in [2.75, 3.05) is 19.6 Å². The summed E-state index contributed by atoms with van der Waals surface area (Å²) in [5.74, 6) is 0. The van der Waals surface area contributed by atoms with Gasteiger partial charge in [0.25, 0.3) is 0 Å². The van der Waals surface area contributed by atoms with E-state index < -0.39 is 0 Å². The van der Waals surface area contributed by atoms with E-state index in [0.29, 0.717) is 12.1 Å². The van der Waals surface area contributed by atoms with Crippen molar-refractivity contribution in [2.45, 2.75) is 45.2 Å². The zero-order valence-electron chi connectivity index (χ0n) is 12.0. The summed E-state index contributed by atoms with van der Waals surface area (Å²) < 4.78 is 1.17. The normalized spacial score (nSPS) is 22.4. The Balaban J connectivity index is 1.99. The van der Waals surface area contributed by atoms with Gasteiger partial charge in [0, 0.05) is 23.1 Å². The molecule has 0 spiro atoms. The van der Waals surface area contributed by atoms with E-state index in [2.05, 4.69) is 64.3 Å². The molecule has 2 nitrogen and oxygen atoms in total. The molecule has 19 heavy (non-hydrogen) atoms. The molecule has 2 atom stereocenters. The molecule has 1 fully saturated rings. The summed E-state index contributed by atoms with van der Waals surface area (Å²) in [5, 5.41) is 3.85. The molecule has 0 bridgehead atoms. The van der Waals surface area contributed by atoms with Crippen LogP contribution in [0.2, 0.25) is 0 Å². The predicted octanol–water partition coefficient (Wildman–Crippen LogP) is 3.97. The van der Waals surface area contributed by atoms with E-state index in [1.54, 1.807) is 0 Å². The number of rotatable bonds is 5. The van der Waals surface area contributed by atoms with Gasteiger partial charge in [-0.25, -0.2) is 0 Å². The lowest BCUT2D eigenvalue weighted by molar-refractivity contribution is 0.189. The first-order valence-electron chi connectivity index (χ1n) is 7.46. The fourth-order valence-electron chi connectivity index (χ4n) is 2.94. The SMILES string of the molecule is CCC(NC1CCCN(CC)C1)c1cccc(Br)c1. The Bertz CT molecular complexity index is 394. The summed E-state index contributed by atoms with van der Waals surface area (Å²) >= 11 is 3.57. The molecular formula is C16H25BrN2. The van der Waals surface area contributed by atoms with Crippen LogP contribution < -0.4 is 5.32 Å². The molecule has 1 aromatic rings. The maximum absolute atomic E-state index is 3.85. The van der Waals surface area contributed by atoms with Gasteiger partial charge in [-0.15, -0.1) is 0 Å². The minimum absolute atomic E-state index is 0.472. The van der Waals surface area contributed by atoms with Crippen LogP contribution in [0.5, 0.6) is 0 Å². The van der Waals surface area contributed by atoms with Crippen LogP contribution in [0.3, 0.4) is 0 Å². The van der Waals surface area contributed by atoms with E-state index in [1.165, 1.54) is 42.5 Å². The number of likely N-dealkylation sites (tertiary alicyclic amines) is 1. The summed E-state index contributed by atoms with van der Waals surface area (Å²) in [6.07, 6.45) is 3.76. The van der Waals surface area contributed by atoms with Crippen molar-refractivity contribution >= 4 is 15.9 Å². The minimum atomic E-state index is 0.472. The Morgan fingerprint density at radius 3 is 2.95 bits per heavy atom. The standard InChI is InChI=1S/C16H25BrN2/c1-3-16(13-7-5-8-14(17)11-13)18-15-9-6-10-19(4-2)12-15/h5,7-8,11,15-16,18H,3-4,6,9-10,12H2,1-2H3. The highest BCUT2D eigenvalue weighted by Crippen LogP contribution is 2.22. The Labute approximate surface area is 125 Å². The summed E-state index contributed by atoms with van der Waals surface area (Å²) in [4.78, 5) is 2.55. The Morgan fingerprint density at radius 1 is 1.42 bits per heavy atom. The summed E-state index contributed by atoms with van der Waals surface area (Å²) in [7, 11) is 0. The first-order chi connectivity index (χ1) is 9.22. The summed E-state index contributed by atoms with van der Waals surface area (Å²) in [5.41, 5.74) is 1.39. The molecule has 0 aliphatic carbocycles. The van der Waals surface area contributed by atoms with Gasteiger partial charge in [0.05, 0.1) is 0 Å². The quantitative estimate of drug-likeness (QED) is 0.881. The van der Waals surface area contributed by atoms with Crippen molar-refractivity contribution in [3.8, 4) is 0 Å². The third-order valence-electron chi connectivity index (χ3n) is 4.05. The van der Waals surface area contributed by atoms with Crippen LogP contribution >= 0.6 is 15.9 Å². The van der Waals surface area contributed by atoms with E-state index in [0.717, 1.165) is 6.42 Å². The van der Waals surface area contributed by atoms with E-state index in [1.807, 2.05) is 0 Å². The van der Waals surface area contributed by atoms with Crippen molar-refractivity contribution in [1.29, 1.82) is 0 Å². The highest BCUT2D eigenvalue weighted by molar-refractivity contribution is 9.10. The first kappa shape index (κ1) is 15.0. The second-order valence-electron chi connectivity index (χ2n) is 5.41. The molecule has 0 amide bonds. The third kappa shape index (κ3) is 4.30. The summed E-state index contributed by atoms with van der Waals surface area (Å²) in [6, 6.07) is 9.80. The first-order valence-corrected chi connectivity index (χ1v) is 8.26. The second-order valence-corrected chi connectivity index (χ2v) is 6.33. The van der Waals surface area contributed by atoms with Crippen molar-refractivity contribution in [3.05, 3.63) is 34.3 Å². The number of piperidine rings is 1. The van der Waals surface area contributed by atoms with Gasteiger partial charge in [0.2, 0.25) is 0 Å². The monoisotopic (exact) mass is 324 g/mol. The smallest absolute Gasteiger partial charge is 0.0320 e. The van der Waals surface area contributed by atoms with Gasteiger partial charge in [-0.1, -0.05) is 41.9 Å². The second kappa shape index (κ2) is 7.41. The largest absolute Gasteiger partial charge is 0.306 e. The van der Waals surface area contributed by atoms with Crippen molar-refractivity contribution in [2.24, 2.45) is 0 Å². The number of likely N-dealkylation sites (N-methyl/N-ethyl adjacent to an activating group) is 1. The van der Waals surface area contributed by atoms with Crippen molar-refractivity contribution in [3.63, 3.8) is 0 Å². The molecule has 3 heteroatoms. The average molecular weight is 325 g/mol. The van der Waals surface area contributed by atoms with Gasteiger partial charge in [-0.2, -0.15) is 0 Å². The fourth-order valence-corrected chi connectivity index (χ4v) is 3.35. The zero-order chi connectivity index (χ0) is 13.7. The van der Waals surface area contributed by atoms with Crippen LogP contribution in [0.1, 0.15) is 44.7 Å². The van der Waals surface area contributed by atoms with Gasteiger partial charge in [0.15, 0.2) is 0 Å². The number of benzene rings is 1. The fraction of sp³-hybridized carbons (Fsp3) is 0.625. The highest BCUT2D eigenvalue weighted by atomic mass is 79.9. The van der Waals surface area contributed by atoms with E-state index in [4.69, 9.17) is 0 Å². The molecule has 1 aliphatic rings. The van der Waals surface area contributed by atoms with Gasteiger partial charge in [-0.05, 0) is 50.0 Å². The number of nitrogens with zero attached hydrogens (tertiary/aromatic N) is 1. The number of hydrogen-bond donors (Lipinski definition) is 1. The number of halogens is 1. The molecule has 2 unspecified atom stereocenters. The van der Waals surface area contributed by atoms with Crippen LogP contribution in [-0.4, -0.2) is 30.6 Å². The molecule has 1 aliphatic heterocycles. The number of nitrogens with one attached hydrogen (secondary N) is 1. The van der Waals surface area contributed by atoms with E-state index in [9.17, 15) is 0 Å². The zero-order valence-corrected chi connectivity index (χ0v) is 13.6. The molecule has 1 heterocycles. The topological polar surface area (TPSA) is 15.3 Å². The Hall–Kier alpha value is -0.380. The lowest BCUT2D eigenvalue weighted by Gasteiger charge is -2.34. The molecule has 1 N–H and O–H groups in total. The maximum atomic E-state index is 3.85. The van der Waals surface area contributed by atoms with Gasteiger partial charge in [-0.3, -0.25) is 0 Å². The van der Waals surface area contributed by atoms with Crippen LogP contribution in [0.15, 0.2) is 28.7 Å². The van der Waals surface area contributed by atoms with Crippen LogP contribution in [0.25, 0.3) is 0 Å². The van der Waals surface area contributed by atoms with E-state index in [-0.39, 0.29) is 0 Å². The molecule has 0 radical (unpaired) electrons.